The third-order valence-corrected chi connectivity index (χ3v) is 2.76. The zero-order valence-electron chi connectivity index (χ0n) is 8.20. The maximum absolute atomic E-state index is 10.2. The van der Waals surface area contributed by atoms with Crippen LogP contribution in [0.5, 0.6) is 0 Å². The average Bonchev–Trinajstić information content (AvgIpc) is 2.69. The van der Waals surface area contributed by atoms with E-state index in [1.54, 1.807) is 10.9 Å². The monoisotopic (exact) mass is 180 g/mol. The summed E-state index contributed by atoms with van der Waals surface area (Å²) in [5.41, 5.74) is 0.214. The summed E-state index contributed by atoms with van der Waals surface area (Å²) >= 11 is 0. The van der Waals surface area contributed by atoms with Crippen LogP contribution >= 0.6 is 0 Å². The van der Waals surface area contributed by atoms with E-state index in [2.05, 4.69) is 5.10 Å². The summed E-state index contributed by atoms with van der Waals surface area (Å²) in [4.78, 5) is 0. The molecule has 2 rings (SSSR count). The molecule has 0 aromatic carbocycles. The first-order chi connectivity index (χ1) is 6.09. The molecule has 0 radical (unpaired) electrons. The van der Waals surface area contributed by atoms with Crippen molar-refractivity contribution in [2.45, 2.75) is 31.8 Å². The van der Waals surface area contributed by atoms with Gasteiger partial charge in [0, 0.05) is 13.2 Å². The average molecular weight is 180 g/mol. The normalized spacial score (nSPS) is 21.5. The van der Waals surface area contributed by atoms with Crippen molar-refractivity contribution in [1.82, 2.24) is 9.78 Å². The predicted octanol–water partition coefficient (Wildman–Crippen LogP) is 1.43. The van der Waals surface area contributed by atoms with Gasteiger partial charge in [0.15, 0.2) is 0 Å². The van der Waals surface area contributed by atoms with Crippen LogP contribution in [0.4, 0.5) is 0 Å². The van der Waals surface area contributed by atoms with E-state index in [4.69, 9.17) is 0 Å². The lowest BCUT2D eigenvalue weighted by Gasteiger charge is -2.23. The van der Waals surface area contributed by atoms with Gasteiger partial charge in [-0.1, -0.05) is 12.8 Å². The molecule has 1 fully saturated rings. The molecule has 1 aliphatic rings. The third-order valence-electron chi connectivity index (χ3n) is 2.76. The van der Waals surface area contributed by atoms with E-state index in [1.165, 1.54) is 12.8 Å². The summed E-state index contributed by atoms with van der Waals surface area (Å²) in [6.45, 7) is 1.88. The maximum Gasteiger partial charge on any atom is 0.104 e. The molecule has 1 heterocycles. The van der Waals surface area contributed by atoms with Gasteiger partial charge < -0.3 is 5.11 Å². The Balaban J connectivity index is 2.17. The summed E-state index contributed by atoms with van der Waals surface area (Å²) in [5.74, 6) is 0.727. The van der Waals surface area contributed by atoms with Gasteiger partial charge in [-0.15, -0.1) is 0 Å². The molecule has 1 aromatic rings. The van der Waals surface area contributed by atoms with Gasteiger partial charge in [-0.3, -0.25) is 4.68 Å². The van der Waals surface area contributed by atoms with Crippen LogP contribution in [0.1, 0.15) is 31.9 Å². The molecule has 0 aliphatic heterocycles. The van der Waals surface area contributed by atoms with Crippen molar-refractivity contribution < 1.29 is 5.11 Å². The predicted molar refractivity (Wildman–Crippen MR) is 50.1 cm³/mol. The van der Waals surface area contributed by atoms with Crippen molar-refractivity contribution in [3.05, 3.63) is 18.0 Å². The molecule has 72 valence electrons. The van der Waals surface area contributed by atoms with E-state index in [9.17, 15) is 5.11 Å². The molecule has 1 saturated carbocycles. The van der Waals surface area contributed by atoms with Crippen LogP contribution in [0.25, 0.3) is 0 Å². The molecule has 3 nitrogen and oxygen atoms in total. The van der Waals surface area contributed by atoms with Crippen LogP contribution in [0, 0.1) is 5.92 Å². The Labute approximate surface area is 78.4 Å². The number of aromatic nitrogens is 2. The first-order valence-electron chi connectivity index (χ1n) is 4.80. The zero-order chi connectivity index (χ0) is 9.47. The van der Waals surface area contributed by atoms with E-state index in [0.717, 1.165) is 18.0 Å². The van der Waals surface area contributed by atoms with Crippen molar-refractivity contribution in [2.75, 3.05) is 0 Å². The molecule has 1 atom stereocenters. The van der Waals surface area contributed by atoms with Gasteiger partial charge in [-0.05, 0) is 25.3 Å². The van der Waals surface area contributed by atoms with E-state index < -0.39 is 5.60 Å². The van der Waals surface area contributed by atoms with Crippen molar-refractivity contribution in [3.63, 3.8) is 0 Å². The highest BCUT2D eigenvalue weighted by molar-refractivity contribution is 5.11. The quantitative estimate of drug-likeness (QED) is 0.764. The van der Waals surface area contributed by atoms with Crippen LogP contribution in [0.3, 0.4) is 0 Å². The largest absolute Gasteiger partial charge is 0.384 e. The van der Waals surface area contributed by atoms with Crippen molar-refractivity contribution in [2.24, 2.45) is 13.0 Å². The van der Waals surface area contributed by atoms with Crippen LogP contribution in [-0.2, 0) is 12.6 Å². The first-order valence-corrected chi connectivity index (χ1v) is 4.80. The Hall–Kier alpha value is -0.830. The van der Waals surface area contributed by atoms with Gasteiger partial charge in [-0.2, -0.15) is 5.10 Å². The lowest BCUT2D eigenvalue weighted by atomic mass is 9.95. The molecule has 13 heavy (non-hydrogen) atoms. The highest BCUT2D eigenvalue weighted by atomic mass is 16.3. The van der Waals surface area contributed by atoms with Gasteiger partial charge in [0.2, 0.25) is 0 Å². The minimum Gasteiger partial charge on any atom is -0.384 e. The van der Waals surface area contributed by atoms with Gasteiger partial charge in [-0.25, -0.2) is 0 Å². The van der Waals surface area contributed by atoms with Gasteiger partial charge in [0.1, 0.15) is 5.60 Å². The fourth-order valence-corrected chi connectivity index (χ4v) is 1.89. The van der Waals surface area contributed by atoms with E-state index >= 15 is 0 Å². The smallest absolute Gasteiger partial charge is 0.104 e. The van der Waals surface area contributed by atoms with E-state index in [-0.39, 0.29) is 0 Å². The van der Waals surface area contributed by atoms with Gasteiger partial charge >= 0.3 is 0 Å². The van der Waals surface area contributed by atoms with Crippen LogP contribution in [-0.4, -0.2) is 14.9 Å². The number of hydrogen-bond donors (Lipinski definition) is 1. The molecular weight excluding hydrogens is 164 g/mol. The van der Waals surface area contributed by atoms with E-state index in [0.29, 0.717) is 0 Å². The molecule has 3 heteroatoms. The second-order valence-corrected chi connectivity index (χ2v) is 4.26. The Kier molecular flexibility index (Phi) is 1.91. The SMILES string of the molecule is Cn1nccc1C(C)(O)CC1CC1. The Morgan fingerprint density at radius 2 is 2.38 bits per heavy atom. The van der Waals surface area contributed by atoms with Crippen molar-refractivity contribution in [1.29, 1.82) is 0 Å². The first kappa shape index (κ1) is 8.75. The van der Waals surface area contributed by atoms with Gasteiger partial charge in [0.05, 0.1) is 5.69 Å². The third kappa shape index (κ3) is 1.75. The molecule has 1 unspecified atom stereocenters. The fraction of sp³-hybridized carbons (Fsp3) is 0.700. The van der Waals surface area contributed by atoms with Gasteiger partial charge in [0.25, 0.3) is 0 Å². The second kappa shape index (κ2) is 2.84. The topological polar surface area (TPSA) is 38.0 Å². The minimum atomic E-state index is -0.702. The Morgan fingerprint density at radius 3 is 2.85 bits per heavy atom. The summed E-state index contributed by atoms with van der Waals surface area (Å²) in [6.07, 6.45) is 5.14. The molecular formula is C10H16N2O. The molecule has 0 spiro atoms. The molecule has 1 N–H and O–H groups in total. The highest BCUT2D eigenvalue weighted by Crippen LogP contribution is 2.40. The Morgan fingerprint density at radius 1 is 1.69 bits per heavy atom. The number of aryl methyl sites for hydroxylation is 1. The van der Waals surface area contributed by atoms with Crippen LogP contribution in [0.15, 0.2) is 12.3 Å². The zero-order valence-corrected chi connectivity index (χ0v) is 8.20. The van der Waals surface area contributed by atoms with Crippen LogP contribution < -0.4 is 0 Å². The second-order valence-electron chi connectivity index (χ2n) is 4.26. The molecule has 0 bridgehead atoms. The summed E-state index contributed by atoms with van der Waals surface area (Å²) in [6, 6.07) is 1.89. The Bertz CT molecular complexity index is 300. The molecule has 0 amide bonds. The maximum atomic E-state index is 10.2. The number of aliphatic hydroxyl groups is 1. The number of rotatable bonds is 3. The lowest BCUT2D eigenvalue weighted by molar-refractivity contribution is 0.0335. The van der Waals surface area contributed by atoms with Crippen LogP contribution in [0.2, 0.25) is 0 Å². The van der Waals surface area contributed by atoms with Crippen molar-refractivity contribution >= 4 is 0 Å². The summed E-state index contributed by atoms with van der Waals surface area (Å²) in [5, 5.41) is 14.3. The summed E-state index contributed by atoms with van der Waals surface area (Å²) < 4.78 is 1.75. The molecule has 1 aromatic heterocycles. The fourth-order valence-electron chi connectivity index (χ4n) is 1.89. The standard InChI is InChI=1S/C10H16N2O/c1-10(13,7-8-3-4-8)9-5-6-11-12(9)2/h5-6,8,13H,3-4,7H2,1-2H3. The number of nitrogens with zero attached hydrogens (tertiary/aromatic N) is 2. The molecule has 0 saturated heterocycles. The van der Waals surface area contributed by atoms with Crippen molar-refractivity contribution in [3.8, 4) is 0 Å². The molecule has 1 aliphatic carbocycles. The highest BCUT2D eigenvalue weighted by Gasteiger charge is 2.34. The lowest BCUT2D eigenvalue weighted by Crippen LogP contribution is -2.25. The summed E-state index contributed by atoms with van der Waals surface area (Å²) in [7, 11) is 1.87. The van der Waals surface area contributed by atoms with E-state index in [1.807, 2.05) is 20.0 Å². The number of hydrogen-bond acceptors (Lipinski definition) is 2. The minimum absolute atomic E-state index is 0.702.